The summed E-state index contributed by atoms with van der Waals surface area (Å²) < 4.78 is 5.63. The first-order valence-electron chi connectivity index (χ1n) is 7.92. The standard InChI is InChI=1S/C16H21N3O2S/c1-2-13-5-3-4-9-19(13)15(20)7-6-14-17-18-16(21-14)12-8-10-22-11-12/h8,10-11,13H,2-7,9H2,1H3. The third-order valence-corrected chi connectivity index (χ3v) is 4.89. The van der Waals surface area contributed by atoms with Crippen LogP contribution in [0.15, 0.2) is 21.2 Å². The molecule has 3 rings (SSSR count). The maximum absolute atomic E-state index is 12.4. The largest absolute Gasteiger partial charge is 0.421 e. The predicted octanol–water partition coefficient (Wildman–Crippen LogP) is 3.52. The molecule has 5 nitrogen and oxygen atoms in total. The minimum Gasteiger partial charge on any atom is -0.421 e. The van der Waals surface area contributed by atoms with E-state index in [4.69, 9.17) is 4.42 Å². The van der Waals surface area contributed by atoms with Gasteiger partial charge in [-0.1, -0.05) is 6.92 Å². The number of carbonyl (C=O) groups excluding carboxylic acids is 1. The topological polar surface area (TPSA) is 59.2 Å². The van der Waals surface area contributed by atoms with Crippen LogP contribution in [0.4, 0.5) is 0 Å². The quantitative estimate of drug-likeness (QED) is 0.846. The Hall–Kier alpha value is -1.69. The van der Waals surface area contributed by atoms with Crippen LogP contribution in [0.25, 0.3) is 11.5 Å². The van der Waals surface area contributed by atoms with Gasteiger partial charge in [0.1, 0.15) is 0 Å². The van der Waals surface area contributed by atoms with Crippen LogP contribution in [0.3, 0.4) is 0 Å². The third-order valence-electron chi connectivity index (χ3n) is 4.21. The highest BCUT2D eigenvalue weighted by atomic mass is 32.1. The fourth-order valence-corrected chi connectivity index (χ4v) is 3.60. The fraction of sp³-hybridized carbons (Fsp3) is 0.562. The molecule has 0 radical (unpaired) electrons. The molecule has 1 amide bonds. The molecule has 0 saturated carbocycles. The van der Waals surface area contributed by atoms with Crippen LogP contribution in [0, 0.1) is 0 Å². The third kappa shape index (κ3) is 3.38. The molecule has 1 fully saturated rings. The number of thiophene rings is 1. The van der Waals surface area contributed by atoms with E-state index in [1.165, 1.54) is 6.42 Å². The van der Waals surface area contributed by atoms with Gasteiger partial charge in [-0.3, -0.25) is 4.79 Å². The molecule has 22 heavy (non-hydrogen) atoms. The molecule has 1 aliphatic rings. The average Bonchev–Trinajstić information content (AvgIpc) is 3.23. The maximum atomic E-state index is 12.4. The normalized spacial score (nSPS) is 18.6. The van der Waals surface area contributed by atoms with Gasteiger partial charge >= 0.3 is 0 Å². The van der Waals surface area contributed by atoms with Crippen molar-refractivity contribution in [2.75, 3.05) is 6.54 Å². The minimum absolute atomic E-state index is 0.210. The highest BCUT2D eigenvalue weighted by Gasteiger charge is 2.25. The summed E-state index contributed by atoms with van der Waals surface area (Å²) in [5.74, 6) is 1.29. The van der Waals surface area contributed by atoms with Crippen LogP contribution in [-0.2, 0) is 11.2 Å². The van der Waals surface area contributed by atoms with Gasteiger partial charge in [-0.15, -0.1) is 10.2 Å². The summed E-state index contributed by atoms with van der Waals surface area (Å²) in [6, 6.07) is 2.36. The zero-order valence-corrected chi connectivity index (χ0v) is 13.6. The molecule has 1 atom stereocenters. The molecule has 0 aromatic carbocycles. The lowest BCUT2D eigenvalue weighted by Gasteiger charge is -2.35. The van der Waals surface area contributed by atoms with Gasteiger partial charge in [-0.2, -0.15) is 11.3 Å². The summed E-state index contributed by atoms with van der Waals surface area (Å²) >= 11 is 1.59. The van der Waals surface area contributed by atoms with Crippen LogP contribution >= 0.6 is 11.3 Å². The van der Waals surface area contributed by atoms with Crippen LogP contribution in [0.2, 0.25) is 0 Å². The number of hydrogen-bond donors (Lipinski definition) is 0. The van der Waals surface area contributed by atoms with Crippen molar-refractivity contribution in [1.29, 1.82) is 0 Å². The summed E-state index contributed by atoms with van der Waals surface area (Å²) in [5.41, 5.74) is 0.942. The molecular formula is C16H21N3O2S. The van der Waals surface area contributed by atoms with Gasteiger partial charge in [0, 0.05) is 36.4 Å². The van der Waals surface area contributed by atoms with E-state index in [2.05, 4.69) is 17.1 Å². The first-order valence-corrected chi connectivity index (χ1v) is 8.86. The Morgan fingerprint density at radius 3 is 3.14 bits per heavy atom. The number of rotatable bonds is 5. The van der Waals surface area contributed by atoms with Gasteiger partial charge in [0.2, 0.25) is 17.7 Å². The average molecular weight is 319 g/mol. The number of likely N-dealkylation sites (tertiary alicyclic amines) is 1. The van der Waals surface area contributed by atoms with Gasteiger partial charge in [-0.25, -0.2) is 0 Å². The molecule has 0 bridgehead atoms. The van der Waals surface area contributed by atoms with E-state index >= 15 is 0 Å². The van der Waals surface area contributed by atoms with Gasteiger partial charge in [-0.05, 0) is 37.1 Å². The molecule has 0 N–H and O–H groups in total. The lowest BCUT2D eigenvalue weighted by atomic mass is 9.99. The molecule has 3 heterocycles. The molecule has 1 saturated heterocycles. The van der Waals surface area contributed by atoms with Gasteiger partial charge in [0.05, 0.1) is 0 Å². The van der Waals surface area contributed by atoms with Crippen LogP contribution < -0.4 is 0 Å². The van der Waals surface area contributed by atoms with Gasteiger partial charge < -0.3 is 9.32 Å². The molecule has 1 aliphatic heterocycles. The summed E-state index contributed by atoms with van der Waals surface area (Å²) in [5, 5.41) is 12.0. The Morgan fingerprint density at radius 2 is 2.36 bits per heavy atom. The van der Waals surface area contributed by atoms with Crippen molar-refractivity contribution in [1.82, 2.24) is 15.1 Å². The zero-order chi connectivity index (χ0) is 15.4. The van der Waals surface area contributed by atoms with Gasteiger partial charge in [0.25, 0.3) is 0 Å². The van der Waals surface area contributed by atoms with Crippen LogP contribution in [-0.4, -0.2) is 33.6 Å². The second-order valence-electron chi connectivity index (χ2n) is 5.66. The van der Waals surface area contributed by atoms with E-state index in [9.17, 15) is 4.79 Å². The molecule has 118 valence electrons. The van der Waals surface area contributed by atoms with Crippen molar-refractivity contribution in [2.24, 2.45) is 0 Å². The predicted molar refractivity (Wildman–Crippen MR) is 85.6 cm³/mol. The minimum atomic E-state index is 0.210. The highest BCUT2D eigenvalue weighted by Crippen LogP contribution is 2.22. The number of aromatic nitrogens is 2. The van der Waals surface area contributed by atoms with Crippen molar-refractivity contribution in [2.45, 2.75) is 51.5 Å². The first-order chi connectivity index (χ1) is 10.8. The van der Waals surface area contributed by atoms with E-state index in [0.29, 0.717) is 30.7 Å². The smallest absolute Gasteiger partial charge is 0.248 e. The lowest BCUT2D eigenvalue weighted by molar-refractivity contribution is -0.135. The highest BCUT2D eigenvalue weighted by molar-refractivity contribution is 7.08. The Kier molecular flexibility index (Phi) is 4.87. The maximum Gasteiger partial charge on any atom is 0.248 e. The zero-order valence-electron chi connectivity index (χ0n) is 12.8. The Balaban J connectivity index is 1.57. The van der Waals surface area contributed by atoms with E-state index in [0.717, 1.165) is 31.4 Å². The van der Waals surface area contributed by atoms with Crippen molar-refractivity contribution in [3.05, 3.63) is 22.7 Å². The Labute approximate surface area is 134 Å². The summed E-state index contributed by atoms with van der Waals surface area (Å²) in [6.07, 6.45) is 5.48. The molecule has 2 aromatic heterocycles. The summed E-state index contributed by atoms with van der Waals surface area (Å²) in [4.78, 5) is 14.5. The van der Waals surface area contributed by atoms with E-state index in [-0.39, 0.29) is 5.91 Å². The summed E-state index contributed by atoms with van der Waals surface area (Å²) in [7, 11) is 0. The van der Waals surface area contributed by atoms with E-state index < -0.39 is 0 Å². The summed E-state index contributed by atoms with van der Waals surface area (Å²) in [6.45, 7) is 3.04. The SMILES string of the molecule is CCC1CCCCN1C(=O)CCc1nnc(-c2ccsc2)o1. The second kappa shape index (κ2) is 7.05. The van der Waals surface area contributed by atoms with Crippen LogP contribution in [0.1, 0.15) is 44.9 Å². The van der Waals surface area contributed by atoms with Crippen molar-refractivity contribution in [3.8, 4) is 11.5 Å². The van der Waals surface area contributed by atoms with E-state index in [1.807, 2.05) is 21.7 Å². The van der Waals surface area contributed by atoms with E-state index in [1.54, 1.807) is 11.3 Å². The molecule has 1 unspecified atom stereocenters. The molecular weight excluding hydrogens is 298 g/mol. The Morgan fingerprint density at radius 1 is 1.45 bits per heavy atom. The Bertz CT molecular complexity index is 609. The fourth-order valence-electron chi connectivity index (χ4n) is 2.97. The lowest BCUT2D eigenvalue weighted by Crippen LogP contribution is -2.43. The van der Waals surface area contributed by atoms with Gasteiger partial charge in [0.15, 0.2) is 0 Å². The number of aryl methyl sites for hydroxylation is 1. The van der Waals surface area contributed by atoms with Crippen LogP contribution in [0.5, 0.6) is 0 Å². The van der Waals surface area contributed by atoms with Crippen molar-refractivity contribution < 1.29 is 9.21 Å². The van der Waals surface area contributed by atoms with Crippen molar-refractivity contribution in [3.63, 3.8) is 0 Å². The molecule has 6 heteroatoms. The number of hydrogen-bond acceptors (Lipinski definition) is 5. The molecule has 2 aromatic rings. The molecule has 0 aliphatic carbocycles. The monoisotopic (exact) mass is 319 g/mol. The first kappa shape index (κ1) is 15.2. The molecule has 0 spiro atoms. The number of piperidine rings is 1. The second-order valence-corrected chi connectivity index (χ2v) is 6.44. The van der Waals surface area contributed by atoms with Crippen molar-refractivity contribution >= 4 is 17.2 Å². The number of carbonyl (C=O) groups is 1. The number of amides is 1. The number of nitrogens with zero attached hydrogens (tertiary/aromatic N) is 3.